The van der Waals surface area contributed by atoms with E-state index in [2.05, 4.69) is 5.32 Å². The van der Waals surface area contributed by atoms with Crippen LogP contribution < -0.4 is 11.1 Å². The SMILES string of the molecule is CCNC(=O)C(C)OCC1(N)CCCC1. The minimum Gasteiger partial charge on any atom is -0.367 e. The number of hydrogen-bond acceptors (Lipinski definition) is 3. The topological polar surface area (TPSA) is 64.3 Å². The fourth-order valence-corrected chi connectivity index (χ4v) is 1.91. The minimum atomic E-state index is -0.397. The van der Waals surface area contributed by atoms with Gasteiger partial charge in [0, 0.05) is 12.1 Å². The molecule has 1 amide bonds. The van der Waals surface area contributed by atoms with Crippen molar-refractivity contribution in [3.05, 3.63) is 0 Å². The lowest BCUT2D eigenvalue weighted by Crippen LogP contribution is -2.44. The molecule has 4 heteroatoms. The van der Waals surface area contributed by atoms with Crippen LogP contribution in [0, 0.1) is 0 Å². The first-order valence-electron chi connectivity index (χ1n) is 5.75. The van der Waals surface area contributed by atoms with Gasteiger partial charge in [-0.2, -0.15) is 0 Å². The number of likely N-dealkylation sites (N-methyl/N-ethyl adjacent to an activating group) is 1. The smallest absolute Gasteiger partial charge is 0.248 e. The highest BCUT2D eigenvalue weighted by atomic mass is 16.5. The van der Waals surface area contributed by atoms with Gasteiger partial charge in [-0.15, -0.1) is 0 Å². The molecule has 1 fully saturated rings. The van der Waals surface area contributed by atoms with Crippen LogP contribution in [0.1, 0.15) is 39.5 Å². The van der Waals surface area contributed by atoms with Crippen molar-refractivity contribution in [3.8, 4) is 0 Å². The van der Waals surface area contributed by atoms with E-state index in [1.807, 2.05) is 6.92 Å². The molecular weight excluding hydrogens is 192 g/mol. The van der Waals surface area contributed by atoms with Gasteiger partial charge in [0.05, 0.1) is 6.61 Å². The summed E-state index contributed by atoms with van der Waals surface area (Å²) in [5.74, 6) is -0.0564. The molecule has 88 valence electrons. The molecular formula is C11H22N2O2. The summed E-state index contributed by atoms with van der Waals surface area (Å²) in [6.45, 7) is 4.79. The first-order chi connectivity index (χ1) is 7.07. The second-order valence-corrected chi connectivity index (χ2v) is 4.42. The Labute approximate surface area is 91.5 Å². The Morgan fingerprint density at radius 3 is 2.67 bits per heavy atom. The summed E-state index contributed by atoms with van der Waals surface area (Å²) in [5.41, 5.74) is 5.93. The molecule has 0 bridgehead atoms. The molecule has 0 aliphatic heterocycles. The van der Waals surface area contributed by atoms with Gasteiger partial charge in [-0.3, -0.25) is 4.79 Å². The molecule has 1 unspecified atom stereocenters. The summed E-state index contributed by atoms with van der Waals surface area (Å²) < 4.78 is 5.51. The molecule has 4 nitrogen and oxygen atoms in total. The van der Waals surface area contributed by atoms with Crippen molar-refractivity contribution in [3.63, 3.8) is 0 Å². The standard InChI is InChI=1S/C11H22N2O2/c1-3-13-10(14)9(2)15-8-11(12)6-4-5-7-11/h9H,3-8,12H2,1-2H3,(H,13,14). The summed E-state index contributed by atoms with van der Waals surface area (Å²) in [7, 11) is 0. The Bertz CT molecular complexity index is 213. The molecule has 0 aromatic carbocycles. The summed E-state index contributed by atoms with van der Waals surface area (Å²) in [4.78, 5) is 11.4. The van der Waals surface area contributed by atoms with Crippen molar-refractivity contribution in [1.29, 1.82) is 0 Å². The van der Waals surface area contributed by atoms with Crippen LogP contribution in [0.4, 0.5) is 0 Å². The first kappa shape index (κ1) is 12.5. The van der Waals surface area contributed by atoms with Crippen LogP contribution in [0.15, 0.2) is 0 Å². The molecule has 0 aromatic heterocycles. The van der Waals surface area contributed by atoms with E-state index in [1.165, 1.54) is 12.8 Å². The Kier molecular flexibility index (Phi) is 4.54. The molecule has 0 saturated heterocycles. The summed E-state index contributed by atoms with van der Waals surface area (Å²) in [6, 6.07) is 0. The molecule has 1 saturated carbocycles. The van der Waals surface area contributed by atoms with E-state index in [-0.39, 0.29) is 11.4 Å². The van der Waals surface area contributed by atoms with Crippen molar-refractivity contribution in [1.82, 2.24) is 5.32 Å². The zero-order valence-electron chi connectivity index (χ0n) is 9.71. The third kappa shape index (κ3) is 3.80. The highest BCUT2D eigenvalue weighted by molar-refractivity contribution is 5.80. The monoisotopic (exact) mass is 214 g/mol. The third-order valence-electron chi connectivity index (χ3n) is 2.94. The number of rotatable bonds is 5. The number of amides is 1. The third-order valence-corrected chi connectivity index (χ3v) is 2.94. The van der Waals surface area contributed by atoms with Crippen LogP contribution in [-0.4, -0.2) is 30.7 Å². The summed E-state index contributed by atoms with van der Waals surface area (Å²) in [5, 5.41) is 2.73. The number of hydrogen-bond donors (Lipinski definition) is 2. The molecule has 0 spiro atoms. The minimum absolute atomic E-state index is 0.0564. The van der Waals surface area contributed by atoms with Crippen molar-refractivity contribution >= 4 is 5.91 Å². The van der Waals surface area contributed by atoms with E-state index in [0.29, 0.717) is 13.2 Å². The predicted octanol–water partition coefficient (Wildman–Crippen LogP) is 0.799. The Hall–Kier alpha value is -0.610. The summed E-state index contributed by atoms with van der Waals surface area (Å²) in [6.07, 6.45) is 3.97. The lowest BCUT2D eigenvalue weighted by Gasteiger charge is -2.25. The van der Waals surface area contributed by atoms with Crippen LogP contribution in [0.5, 0.6) is 0 Å². The highest BCUT2D eigenvalue weighted by Crippen LogP contribution is 2.27. The maximum Gasteiger partial charge on any atom is 0.248 e. The fourth-order valence-electron chi connectivity index (χ4n) is 1.91. The highest BCUT2D eigenvalue weighted by Gasteiger charge is 2.30. The molecule has 15 heavy (non-hydrogen) atoms. The Morgan fingerprint density at radius 2 is 2.13 bits per heavy atom. The van der Waals surface area contributed by atoms with Gasteiger partial charge >= 0.3 is 0 Å². The molecule has 1 aliphatic carbocycles. The number of carbonyl (C=O) groups excluding carboxylic acids is 1. The quantitative estimate of drug-likeness (QED) is 0.711. The first-order valence-corrected chi connectivity index (χ1v) is 5.75. The van der Waals surface area contributed by atoms with Crippen molar-refractivity contribution in [2.45, 2.75) is 51.2 Å². The molecule has 1 atom stereocenters. The molecule has 0 aromatic rings. The van der Waals surface area contributed by atoms with Gasteiger partial charge in [0.2, 0.25) is 5.91 Å². The zero-order chi connectivity index (χ0) is 11.3. The van der Waals surface area contributed by atoms with E-state index in [1.54, 1.807) is 6.92 Å². The normalized spacial score (nSPS) is 21.3. The number of nitrogens with one attached hydrogen (secondary N) is 1. The predicted molar refractivity (Wildman–Crippen MR) is 59.5 cm³/mol. The van der Waals surface area contributed by atoms with E-state index in [9.17, 15) is 4.79 Å². The lowest BCUT2D eigenvalue weighted by atomic mass is 10.0. The van der Waals surface area contributed by atoms with Gasteiger partial charge in [0.25, 0.3) is 0 Å². The fraction of sp³-hybridized carbons (Fsp3) is 0.909. The molecule has 0 radical (unpaired) electrons. The van der Waals surface area contributed by atoms with Gasteiger partial charge in [-0.05, 0) is 26.7 Å². The Morgan fingerprint density at radius 1 is 1.53 bits per heavy atom. The number of nitrogens with two attached hydrogens (primary N) is 1. The van der Waals surface area contributed by atoms with Crippen LogP contribution in [0.3, 0.4) is 0 Å². The largest absolute Gasteiger partial charge is 0.367 e. The Balaban J connectivity index is 2.26. The van der Waals surface area contributed by atoms with E-state index >= 15 is 0 Å². The number of ether oxygens (including phenoxy) is 1. The molecule has 0 heterocycles. The second kappa shape index (κ2) is 5.47. The average molecular weight is 214 g/mol. The van der Waals surface area contributed by atoms with Gasteiger partial charge in [-0.25, -0.2) is 0 Å². The van der Waals surface area contributed by atoms with E-state index in [4.69, 9.17) is 10.5 Å². The van der Waals surface area contributed by atoms with Gasteiger partial charge in [-0.1, -0.05) is 12.8 Å². The van der Waals surface area contributed by atoms with Crippen LogP contribution in [0.25, 0.3) is 0 Å². The lowest BCUT2D eigenvalue weighted by molar-refractivity contribution is -0.132. The van der Waals surface area contributed by atoms with E-state index in [0.717, 1.165) is 12.8 Å². The zero-order valence-corrected chi connectivity index (χ0v) is 9.71. The van der Waals surface area contributed by atoms with Crippen molar-refractivity contribution in [2.24, 2.45) is 5.73 Å². The van der Waals surface area contributed by atoms with Crippen LogP contribution in [-0.2, 0) is 9.53 Å². The van der Waals surface area contributed by atoms with Crippen LogP contribution in [0.2, 0.25) is 0 Å². The summed E-state index contributed by atoms with van der Waals surface area (Å²) >= 11 is 0. The van der Waals surface area contributed by atoms with Gasteiger partial charge in [0.1, 0.15) is 6.10 Å². The van der Waals surface area contributed by atoms with Crippen LogP contribution >= 0.6 is 0 Å². The maximum absolute atomic E-state index is 11.4. The molecule has 3 N–H and O–H groups in total. The molecule has 1 rings (SSSR count). The van der Waals surface area contributed by atoms with Gasteiger partial charge in [0.15, 0.2) is 0 Å². The number of carbonyl (C=O) groups is 1. The maximum atomic E-state index is 11.4. The second-order valence-electron chi connectivity index (χ2n) is 4.42. The van der Waals surface area contributed by atoms with Crippen molar-refractivity contribution in [2.75, 3.05) is 13.2 Å². The van der Waals surface area contributed by atoms with Gasteiger partial charge < -0.3 is 15.8 Å². The average Bonchev–Trinajstić information content (AvgIpc) is 2.63. The van der Waals surface area contributed by atoms with Crippen molar-refractivity contribution < 1.29 is 9.53 Å². The molecule has 1 aliphatic rings. The van der Waals surface area contributed by atoms with E-state index < -0.39 is 6.10 Å².